The summed E-state index contributed by atoms with van der Waals surface area (Å²) < 4.78 is 0. The molecule has 3 unspecified atom stereocenters. The molecular weight excluding hydrogens is 246 g/mol. The summed E-state index contributed by atoms with van der Waals surface area (Å²) in [4.78, 5) is 12.5. The highest BCUT2D eigenvalue weighted by Crippen LogP contribution is 2.49. The minimum Gasteiger partial charge on any atom is -0.385 e. The van der Waals surface area contributed by atoms with E-state index in [0.29, 0.717) is 11.7 Å². The first kappa shape index (κ1) is 12.4. The van der Waals surface area contributed by atoms with Gasteiger partial charge in [-0.15, -0.1) is 0 Å². The Kier molecular flexibility index (Phi) is 3.05. The molecule has 2 fully saturated rings. The number of carbonyl (C=O) groups excluding carboxylic acids is 1. The highest BCUT2D eigenvalue weighted by Gasteiger charge is 2.40. The van der Waals surface area contributed by atoms with E-state index in [2.05, 4.69) is 17.4 Å². The molecule has 2 aliphatic carbocycles. The number of Topliss-reactive ketones (excluding diaryl/α,β-unsaturated/α-hetero) is 1. The zero-order chi connectivity index (χ0) is 13.5. The average molecular weight is 269 g/mol. The highest BCUT2D eigenvalue weighted by atomic mass is 16.1. The van der Waals surface area contributed by atoms with E-state index < -0.39 is 0 Å². The fourth-order valence-corrected chi connectivity index (χ4v) is 4.63. The molecule has 0 amide bonds. The molecule has 2 saturated carbocycles. The third-order valence-corrected chi connectivity index (χ3v) is 5.70. The van der Waals surface area contributed by atoms with Crippen molar-refractivity contribution in [1.82, 2.24) is 0 Å². The molecule has 20 heavy (non-hydrogen) atoms. The van der Waals surface area contributed by atoms with Crippen molar-refractivity contribution >= 4 is 11.5 Å². The minimum absolute atomic E-state index is 0.371. The number of carbonyl (C=O) groups is 1. The lowest BCUT2D eigenvalue weighted by molar-refractivity contribution is 0.0944. The molecule has 1 aliphatic heterocycles. The van der Waals surface area contributed by atoms with Crippen molar-refractivity contribution < 1.29 is 4.79 Å². The Balaban J connectivity index is 1.48. The fraction of sp³-hybridized carbons (Fsp3) is 0.611. The maximum atomic E-state index is 12.5. The van der Waals surface area contributed by atoms with E-state index in [9.17, 15) is 4.79 Å². The van der Waals surface area contributed by atoms with Gasteiger partial charge in [0, 0.05) is 24.2 Å². The van der Waals surface area contributed by atoms with Crippen LogP contribution in [0.1, 0.15) is 54.4 Å². The summed E-state index contributed by atoms with van der Waals surface area (Å²) in [5, 5.41) is 3.41. The van der Waals surface area contributed by atoms with E-state index in [0.717, 1.165) is 36.8 Å². The highest BCUT2D eigenvalue weighted by molar-refractivity contribution is 5.97. The summed E-state index contributed by atoms with van der Waals surface area (Å²) in [6.45, 7) is 1.06. The molecule has 1 heterocycles. The number of hydrogen-bond donors (Lipinski definition) is 1. The maximum Gasteiger partial charge on any atom is 0.163 e. The lowest BCUT2D eigenvalue weighted by atomic mass is 9.84. The van der Waals surface area contributed by atoms with Crippen LogP contribution in [0.4, 0.5) is 5.69 Å². The molecule has 0 saturated heterocycles. The molecule has 4 rings (SSSR count). The van der Waals surface area contributed by atoms with Gasteiger partial charge >= 0.3 is 0 Å². The van der Waals surface area contributed by atoms with Crippen LogP contribution in [0.5, 0.6) is 0 Å². The molecule has 0 spiro atoms. The zero-order valence-corrected chi connectivity index (χ0v) is 12.0. The Morgan fingerprint density at radius 3 is 3.00 bits per heavy atom. The number of rotatable bonds is 3. The van der Waals surface area contributed by atoms with Gasteiger partial charge in [0.15, 0.2) is 5.78 Å². The van der Waals surface area contributed by atoms with Gasteiger partial charge in [0.25, 0.3) is 0 Å². The van der Waals surface area contributed by atoms with Crippen molar-refractivity contribution in [2.24, 2.45) is 17.8 Å². The number of benzene rings is 1. The molecule has 0 aromatic heterocycles. The summed E-state index contributed by atoms with van der Waals surface area (Å²) in [6, 6.07) is 6.26. The smallest absolute Gasteiger partial charge is 0.163 e. The van der Waals surface area contributed by atoms with Crippen LogP contribution in [0.3, 0.4) is 0 Å². The second-order valence-corrected chi connectivity index (χ2v) is 6.96. The predicted octanol–water partition coefficient (Wildman–Crippen LogP) is 4.05. The van der Waals surface area contributed by atoms with Crippen molar-refractivity contribution in [1.29, 1.82) is 0 Å². The normalized spacial score (nSPS) is 30.9. The molecule has 2 nitrogen and oxygen atoms in total. The van der Waals surface area contributed by atoms with Gasteiger partial charge in [0.05, 0.1) is 0 Å². The van der Waals surface area contributed by atoms with E-state index >= 15 is 0 Å². The topological polar surface area (TPSA) is 29.1 Å². The van der Waals surface area contributed by atoms with E-state index in [4.69, 9.17) is 0 Å². The van der Waals surface area contributed by atoms with Gasteiger partial charge in [-0.25, -0.2) is 0 Å². The summed E-state index contributed by atoms with van der Waals surface area (Å²) in [7, 11) is 0. The standard InChI is InChI=1S/C18H23NO/c20-18(11-16-9-12-3-4-13(16)8-12)15-5-6-17-14(10-15)2-1-7-19-17/h5-6,10,12-13,16,19H,1-4,7-9,11H2. The monoisotopic (exact) mass is 269 g/mol. The summed E-state index contributed by atoms with van der Waals surface area (Å²) in [5.74, 6) is 2.83. The molecule has 3 aliphatic rings. The van der Waals surface area contributed by atoms with Crippen molar-refractivity contribution in [3.63, 3.8) is 0 Å². The van der Waals surface area contributed by atoms with Gasteiger partial charge in [-0.2, -0.15) is 0 Å². The number of nitrogens with one attached hydrogen (secondary N) is 1. The van der Waals surface area contributed by atoms with Crippen LogP contribution in [0.15, 0.2) is 18.2 Å². The summed E-state index contributed by atoms with van der Waals surface area (Å²) in [5.41, 5.74) is 3.50. The van der Waals surface area contributed by atoms with Gasteiger partial charge in [-0.3, -0.25) is 4.79 Å². The van der Waals surface area contributed by atoms with Crippen molar-refractivity contribution in [3.05, 3.63) is 29.3 Å². The first-order valence-electron chi connectivity index (χ1n) is 8.19. The second-order valence-electron chi connectivity index (χ2n) is 6.96. The van der Waals surface area contributed by atoms with Crippen LogP contribution < -0.4 is 5.32 Å². The quantitative estimate of drug-likeness (QED) is 0.839. The van der Waals surface area contributed by atoms with Crippen LogP contribution >= 0.6 is 0 Å². The van der Waals surface area contributed by atoms with Gasteiger partial charge < -0.3 is 5.32 Å². The zero-order valence-electron chi connectivity index (χ0n) is 12.0. The molecule has 3 atom stereocenters. The van der Waals surface area contributed by atoms with Gasteiger partial charge in [-0.1, -0.05) is 6.42 Å². The fourth-order valence-electron chi connectivity index (χ4n) is 4.63. The van der Waals surface area contributed by atoms with Crippen molar-refractivity contribution in [3.8, 4) is 0 Å². The van der Waals surface area contributed by atoms with Gasteiger partial charge in [0.1, 0.15) is 0 Å². The van der Waals surface area contributed by atoms with Crippen molar-refractivity contribution in [2.45, 2.75) is 44.9 Å². The van der Waals surface area contributed by atoms with Crippen LogP contribution in [-0.4, -0.2) is 12.3 Å². The van der Waals surface area contributed by atoms with Crippen LogP contribution in [0, 0.1) is 17.8 Å². The van der Waals surface area contributed by atoms with Gasteiger partial charge in [-0.05, 0) is 73.6 Å². The maximum absolute atomic E-state index is 12.5. The predicted molar refractivity (Wildman–Crippen MR) is 81.1 cm³/mol. The Morgan fingerprint density at radius 1 is 1.25 bits per heavy atom. The van der Waals surface area contributed by atoms with E-state index in [1.54, 1.807) is 0 Å². The lowest BCUT2D eigenvalue weighted by Crippen LogP contribution is -2.16. The number of fused-ring (bicyclic) bond motifs is 3. The third kappa shape index (κ3) is 2.15. The molecular formula is C18H23NO. The molecule has 106 valence electrons. The van der Waals surface area contributed by atoms with Crippen LogP contribution in [-0.2, 0) is 6.42 Å². The number of anilines is 1. The number of aryl methyl sites for hydroxylation is 1. The van der Waals surface area contributed by atoms with Crippen molar-refractivity contribution in [2.75, 3.05) is 11.9 Å². The Hall–Kier alpha value is -1.31. The van der Waals surface area contributed by atoms with Crippen LogP contribution in [0.2, 0.25) is 0 Å². The summed E-state index contributed by atoms with van der Waals surface area (Å²) in [6.07, 6.45) is 8.56. The Morgan fingerprint density at radius 2 is 2.20 bits per heavy atom. The number of hydrogen-bond acceptors (Lipinski definition) is 2. The molecule has 1 aromatic rings. The molecule has 1 aromatic carbocycles. The Bertz CT molecular complexity index is 536. The lowest BCUT2D eigenvalue weighted by Gasteiger charge is -2.22. The third-order valence-electron chi connectivity index (χ3n) is 5.70. The minimum atomic E-state index is 0.371. The van der Waals surface area contributed by atoms with E-state index in [-0.39, 0.29) is 0 Å². The summed E-state index contributed by atoms with van der Waals surface area (Å²) >= 11 is 0. The average Bonchev–Trinajstić information content (AvgIpc) is 3.09. The van der Waals surface area contributed by atoms with Crippen LogP contribution in [0.25, 0.3) is 0 Å². The SMILES string of the molecule is O=C(CC1CC2CCC1C2)c1ccc2c(c1)CCCN2. The van der Waals surface area contributed by atoms with Gasteiger partial charge in [0.2, 0.25) is 0 Å². The van der Waals surface area contributed by atoms with E-state index in [1.165, 1.54) is 43.4 Å². The molecule has 2 heteroatoms. The molecule has 0 radical (unpaired) electrons. The molecule has 1 N–H and O–H groups in total. The Labute approximate surface area is 121 Å². The molecule has 2 bridgehead atoms. The van der Waals surface area contributed by atoms with E-state index in [1.807, 2.05) is 6.07 Å². The number of ketones is 1. The second kappa shape index (κ2) is 4.91. The first-order valence-corrected chi connectivity index (χ1v) is 8.19. The largest absolute Gasteiger partial charge is 0.385 e. The first-order chi connectivity index (χ1) is 9.79.